The van der Waals surface area contributed by atoms with Gasteiger partial charge in [0.15, 0.2) is 0 Å². The third kappa shape index (κ3) is 4.07. The lowest BCUT2D eigenvalue weighted by Crippen LogP contribution is -2.45. The van der Waals surface area contributed by atoms with E-state index in [2.05, 4.69) is 5.10 Å². The molecule has 0 unspecified atom stereocenters. The number of carbonyl (C=O) groups excluding carboxylic acids is 1. The van der Waals surface area contributed by atoms with Crippen LogP contribution in [-0.4, -0.2) is 53.5 Å². The van der Waals surface area contributed by atoms with Crippen molar-refractivity contribution in [2.75, 3.05) is 26.8 Å². The van der Waals surface area contributed by atoms with E-state index >= 15 is 0 Å². The standard InChI is InChI=1S/C23H24FN3O3/c1-3-19-14-26(11-12-30-19)23(28)21-15-27(18-9-7-17(24)8-10-18)25-22(21)16-5-4-6-20(13-16)29-2/h4-10,13,15,19H,3,11-12,14H2,1-2H3/t19-/m1/s1. The van der Waals surface area contributed by atoms with Crippen LogP contribution < -0.4 is 4.74 Å². The molecule has 7 heteroatoms. The summed E-state index contributed by atoms with van der Waals surface area (Å²) in [6.07, 6.45) is 2.59. The van der Waals surface area contributed by atoms with Gasteiger partial charge in [0.25, 0.3) is 5.91 Å². The molecule has 2 heterocycles. The number of morpholine rings is 1. The SMILES string of the molecule is CC[C@@H]1CN(C(=O)c2cn(-c3ccc(F)cc3)nc2-c2cccc(OC)c2)CCO1. The van der Waals surface area contributed by atoms with Crippen molar-refractivity contribution in [3.05, 3.63) is 66.1 Å². The first-order chi connectivity index (χ1) is 14.6. The van der Waals surface area contributed by atoms with Gasteiger partial charge in [0, 0.05) is 24.8 Å². The summed E-state index contributed by atoms with van der Waals surface area (Å²) in [5, 5.41) is 4.67. The summed E-state index contributed by atoms with van der Waals surface area (Å²) >= 11 is 0. The molecule has 3 aromatic rings. The molecule has 0 spiro atoms. The van der Waals surface area contributed by atoms with Crippen molar-refractivity contribution in [2.45, 2.75) is 19.4 Å². The molecule has 1 aromatic heterocycles. The maximum absolute atomic E-state index is 13.4. The quantitative estimate of drug-likeness (QED) is 0.641. The average molecular weight is 409 g/mol. The predicted molar refractivity (Wildman–Crippen MR) is 111 cm³/mol. The zero-order chi connectivity index (χ0) is 21.1. The molecule has 1 fully saturated rings. The van der Waals surface area contributed by atoms with Crippen LogP contribution in [0.25, 0.3) is 16.9 Å². The Hall–Kier alpha value is -3.19. The van der Waals surface area contributed by atoms with Crippen molar-refractivity contribution in [1.82, 2.24) is 14.7 Å². The van der Waals surface area contributed by atoms with E-state index < -0.39 is 0 Å². The largest absolute Gasteiger partial charge is 0.497 e. The number of nitrogens with zero attached hydrogens (tertiary/aromatic N) is 3. The van der Waals surface area contributed by atoms with E-state index in [9.17, 15) is 9.18 Å². The van der Waals surface area contributed by atoms with E-state index in [1.807, 2.05) is 36.1 Å². The Balaban J connectivity index is 1.76. The van der Waals surface area contributed by atoms with Crippen LogP contribution in [0.2, 0.25) is 0 Å². The average Bonchev–Trinajstić information content (AvgIpc) is 3.24. The first-order valence-corrected chi connectivity index (χ1v) is 10.00. The monoisotopic (exact) mass is 409 g/mol. The van der Waals surface area contributed by atoms with E-state index in [0.717, 1.165) is 12.0 Å². The van der Waals surface area contributed by atoms with Crippen molar-refractivity contribution in [1.29, 1.82) is 0 Å². The number of carbonyl (C=O) groups is 1. The second kappa shape index (κ2) is 8.67. The number of halogens is 1. The minimum absolute atomic E-state index is 0.0371. The lowest BCUT2D eigenvalue weighted by atomic mass is 10.1. The fourth-order valence-corrected chi connectivity index (χ4v) is 3.56. The number of aromatic nitrogens is 2. The maximum Gasteiger partial charge on any atom is 0.257 e. The summed E-state index contributed by atoms with van der Waals surface area (Å²) in [4.78, 5) is 15.2. The Labute approximate surface area is 174 Å². The third-order valence-corrected chi connectivity index (χ3v) is 5.26. The zero-order valence-corrected chi connectivity index (χ0v) is 17.0. The normalized spacial score (nSPS) is 16.5. The Morgan fingerprint density at radius 2 is 2.07 bits per heavy atom. The molecule has 0 aliphatic carbocycles. The van der Waals surface area contributed by atoms with Gasteiger partial charge in [-0.05, 0) is 42.8 Å². The van der Waals surface area contributed by atoms with Gasteiger partial charge in [-0.15, -0.1) is 0 Å². The fourth-order valence-electron chi connectivity index (χ4n) is 3.56. The molecular weight excluding hydrogens is 385 g/mol. The van der Waals surface area contributed by atoms with Crippen LogP contribution in [0.5, 0.6) is 5.75 Å². The molecular formula is C23H24FN3O3. The summed E-state index contributed by atoms with van der Waals surface area (Å²) in [7, 11) is 1.60. The summed E-state index contributed by atoms with van der Waals surface area (Å²) in [5.74, 6) is 0.261. The number of rotatable bonds is 5. The molecule has 0 N–H and O–H groups in total. The second-order valence-electron chi connectivity index (χ2n) is 7.20. The van der Waals surface area contributed by atoms with Gasteiger partial charge in [-0.1, -0.05) is 19.1 Å². The predicted octanol–water partition coefficient (Wildman–Crippen LogP) is 3.94. The van der Waals surface area contributed by atoms with Crippen molar-refractivity contribution < 1.29 is 18.7 Å². The summed E-state index contributed by atoms with van der Waals surface area (Å²) < 4.78 is 26.0. The van der Waals surface area contributed by atoms with E-state index in [-0.39, 0.29) is 17.8 Å². The van der Waals surface area contributed by atoms with Gasteiger partial charge in [-0.2, -0.15) is 5.10 Å². The Bertz CT molecular complexity index is 1030. The lowest BCUT2D eigenvalue weighted by molar-refractivity contribution is -0.0226. The molecule has 0 saturated carbocycles. The van der Waals surface area contributed by atoms with Crippen LogP contribution in [0.4, 0.5) is 4.39 Å². The fraction of sp³-hybridized carbons (Fsp3) is 0.304. The minimum Gasteiger partial charge on any atom is -0.497 e. The molecule has 1 saturated heterocycles. The Kier molecular flexibility index (Phi) is 5.81. The van der Waals surface area contributed by atoms with E-state index in [0.29, 0.717) is 42.4 Å². The van der Waals surface area contributed by atoms with Crippen LogP contribution in [0, 0.1) is 5.82 Å². The van der Waals surface area contributed by atoms with Crippen LogP contribution in [-0.2, 0) is 4.74 Å². The number of hydrogen-bond donors (Lipinski definition) is 0. The summed E-state index contributed by atoms with van der Waals surface area (Å²) in [5.41, 5.74) is 2.50. The van der Waals surface area contributed by atoms with Crippen molar-refractivity contribution in [3.8, 4) is 22.7 Å². The molecule has 2 aromatic carbocycles. The molecule has 30 heavy (non-hydrogen) atoms. The van der Waals surface area contributed by atoms with Crippen LogP contribution in [0.15, 0.2) is 54.7 Å². The van der Waals surface area contributed by atoms with Crippen molar-refractivity contribution in [3.63, 3.8) is 0 Å². The molecule has 0 bridgehead atoms. The summed E-state index contributed by atoms with van der Waals surface area (Å²) in [6, 6.07) is 13.5. The highest BCUT2D eigenvalue weighted by atomic mass is 19.1. The minimum atomic E-state index is -0.325. The molecule has 4 rings (SSSR count). The Morgan fingerprint density at radius 1 is 1.27 bits per heavy atom. The van der Waals surface area contributed by atoms with Gasteiger partial charge in [-0.25, -0.2) is 9.07 Å². The van der Waals surface area contributed by atoms with Crippen LogP contribution in [0.1, 0.15) is 23.7 Å². The van der Waals surface area contributed by atoms with Gasteiger partial charge in [0.1, 0.15) is 17.3 Å². The topological polar surface area (TPSA) is 56.6 Å². The van der Waals surface area contributed by atoms with Gasteiger partial charge in [0.2, 0.25) is 0 Å². The first kappa shape index (κ1) is 20.1. The lowest BCUT2D eigenvalue weighted by Gasteiger charge is -2.32. The first-order valence-electron chi connectivity index (χ1n) is 10.00. The highest BCUT2D eigenvalue weighted by molar-refractivity contribution is 6.00. The van der Waals surface area contributed by atoms with Gasteiger partial charge >= 0.3 is 0 Å². The second-order valence-corrected chi connectivity index (χ2v) is 7.20. The van der Waals surface area contributed by atoms with Gasteiger partial charge in [0.05, 0.1) is 31.1 Å². The Morgan fingerprint density at radius 3 is 2.80 bits per heavy atom. The number of benzene rings is 2. The summed E-state index contributed by atoms with van der Waals surface area (Å²) in [6.45, 7) is 3.65. The maximum atomic E-state index is 13.4. The molecule has 1 aliphatic rings. The van der Waals surface area contributed by atoms with Crippen LogP contribution in [0.3, 0.4) is 0 Å². The number of amides is 1. The number of ether oxygens (including phenoxy) is 2. The van der Waals surface area contributed by atoms with E-state index in [4.69, 9.17) is 9.47 Å². The van der Waals surface area contributed by atoms with Crippen LogP contribution >= 0.6 is 0 Å². The van der Waals surface area contributed by atoms with Crippen molar-refractivity contribution >= 4 is 5.91 Å². The van der Waals surface area contributed by atoms with Gasteiger partial charge < -0.3 is 14.4 Å². The highest BCUT2D eigenvalue weighted by Crippen LogP contribution is 2.28. The molecule has 1 atom stereocenters. The molecule has 1 aliphatic heterocycles. The molecule has 0 radical (unpaired) electrons. The zero-order valence-electron chi connectivity index (χ0n) is 17.0. The molecule has 156 valence electrons. The smallest absolute Gasteiger partial charge is 0.257 e. The van der Waals surface area contributed by atoms with Gasteiger partial charge in [-0.3, -0.25) is 4.79 Å². The number of hydrogen-bond acceptors (Lipinski definition) is 4. The van der Waals surface area contributed by atoms with Crippen molar-refractivity contribution in [2.24, 2.45) is 0 Å². The highest BCUT2D eigenvalue weighted by Gasteiger charge is 2.28. The van der Waals surface area contributed by atoms with E-state index in [1.165, 1.54) is 12.1 Å². The van der Waals surface area contributed by atoms with E-state index in [1.54, 1.807) is 30.1 Å². The molecule has 6 nitrogen and oxygen atoms in total. The number of methoxy groups -OCH3 is 1. The molecule has 1 amide bonds. The third-order valence-electron chi connectivity index (χ3n) is 5.26.